The van der Waals surface area contributed by atoms with Crippen LogP contribution in [0.25, 0.3) is 0 Å². The van der Waals surface area contributed by atoms with E-state index in [0.717, 1.165) is 0 Å². The van der Waals surface area contributed by atoms with Gasteiger partial charge in [-0.25, -0.2) is 0 Å². The molecule has 12 nitrogen and oxygen atoms in total. The molecule has 14 heteroatoms. The van der Waals surface area contributed by atoms with E-state index in [2.05, 4.69) is 46.5 Å². The summed E-state index contributed by atoms with van der Waals surface area (Å²) >= 11 is 8.29. The fourth-order valence-corrected chi connectivity index (χ4v) is 3.97. The van der Waals surface area contributed by atoms with Crippen molar-refractivity contribution < 1.29 is 38.2 Å². The molecular formula is C26H42N4O8S2. The second-order valence-electron chi connectivity index (χ2n) is 10.6. The molecule has 0 saturated carbocycles. The molecule has 1 aliphatic heterocycles. The smallest absolute Gasteiger partial charge is 0.326 e. The third-order valence-electron chi connectivity index (χ3n) is 5.49. The molecule has 4 amide bonds. The van der Waals surface area contributed by atoms with Crippen LogP contribution in [0.2, 0.25) is 0 Å². The summed E-state index contributed by atoms with van der Waals surface area (Å²) in [6.45, 7) is 8.04. The third-order valence-corrected chi connectivity index (χ3v) is 6.12. The maximum absolute atomic E-state index is 13.2. The summed E-state index contributed by atoms with van der Waals surface area (Å²) < 4.78 is 10.7. The number of hydrogen-bond acceptors (Lipinski definition) is 10. The normalized spacial score (nSPS) is 24.1. The molecular weight excluding hydrogens is 560 g/mol. The molecule has 0 bridgehead atoms. The van der Waals surface area contributed by atoms with E-state index in [1.54, 1.807) is 40.7 Å². The lowest BCUT2D eigenvalue weighted by molar-refractivity contribution is -0.155. The van der Waals surface area contributed by atoms with E-state index < -0.39 is 71.9 Å². The lowest BCUT2D eigenvalue weighted by atomic mass is 10.0. The van der Waals surface area contributed by atoms with Crippen LogP contribution < -0.4 is 21.3 Å². The van der Waals surface area contributed by atoms with Crippen LogP contribution in [0.3, 0.4) is 0 Å². The van der Waals surface area contributed by atoms with E-state index in [4.69, 9.17) is 9.47 Å². The number of cyclic esters (lactones) is 1. The highest BCUT2D eigenvalue weighted by atomic mass is 32.1. The SMILES string of the molecule is CC(C)[C@H]1NC(=O)[C@@H](CS)NC(=O)[C@@H](CCC(=O)OC(C)(C)C)NC(=O)C[C@@H](C=CCCS)OC(=O)CNC1=O. The largest absolute Gasteiger partial charge is 0.460 e. The quantitative estimate of drug-likeness (QED) is 0.132. The van der Waals surface area contributed by atoms with Crippen LogP contribution in [-0.2, 0) is 38.2 Å². The summed E-state index contributed by atoms with van der Waals surface area (Å²) in [7, 11) is 0. The van der Waals surface area contributed by atoms with Crippen LogP contribution in [0.5, 0.6) is 0 Å². The number of esters is 2. The van der Waals surface area contributed by atoms with Crippen molar-refractivity contribution in [3.05, 3.63) is 12.2 Å². The van der Waals surface area contributed by atoms with Crippen molar-refractivity contribution in [3.63, 3.8) is 0 Å². The van der Waals surface area contributed by atoms with Gasteiger partial charge in [-0.1, -0.05) is 19.9 Å². The summed E-state index contributed by atoms with van der Waals surface area (Å²) in [4.78, 5) is 76.7. The first-order valence-electron chi connectivity index (χ1n) is 13.1. The number of ether oxygens (including phenoxy) is 2. The van der Waals surface area contributed by atoms with Gasteiger partial charge in [0.05, 0.1) is 6.42 Å². The van der Waals surface area contributed by atoms with E-state index in [-0.39, 0.29) is 30.9 Å². The Labute approximate surface area is 246 Å². The zero-order valence-corrected chi connectivity index (χ0v) is 25.4. The average molecular weight is 603 g/mol. The number of amides is 4. The highest BCUT2D eigenvalue weighted by molar-refractivity contribution is 7.80. The highest BCUT2D eigenvalue weighted by Crippen LogP contribution is 2.12. The first kappa shape index (κ1) is 35.3. The summed E-state index contributed by atoms with van der Waals surface area (Å²) in [5, 5.41) is 10.1. The molecule has 0 aliphatic carbocycles. The van der Waals surface area contributed by atoms with Gasteiger partial charge in [-0.2, -0.15) is 25.3 Å². The lowest BCUT2D eigenvalue weighted by Crippen LogP contribution is -2.59. The summed E-state index contributed by atoms with van der Waals surface area (Å²) in [6, 6.07) is -3.38. The summed E-state index contributed by atoms with van der Waals surface area (Å²) in [5.41, 5.74) is -0.742. The predicted molar refractivity (Wildman–Crippen MR) is 155 cm³/mol. The monoisotopic (exact) mass is 602 g/mol. The van der Waals surface area contributed by atoms with Gasteiger partial charge in [0.25, 0.3) is 0 Å². The molecule has 0 aromatic carbocycles. The number of hydrogen-bond donors (Lipinski definition) is 6. The molecule has 4 N–H and O–H groups in total. The van der Waals surface area contributed by atoms with E-state index >= 15 is 0 Å². The van der Waals surface area contributed by atoms with Crippen molar-refractivity contribution in [2.24, 2.45) is 5.92 Å². The number of thiol groups is 2. The first-order valence-corrected chi connectivity index (χ1v) is 14.4. The minimum atomic E-state index is -1.22. The molecule has 40 heavy (non-hydrogen) atoms. The molecule has 4 atom stereocenters. The third kappa shape index (κ3) is 13.6. The second kappa shape index (κ2) is 17.2. The molecule has 1 fully saturated rings. The molecule has 1 heterocycles. The van der Waals surface area contributed by atoms with E-state index in [0.29, 0.717) is 12.2 Å². The average Bonchev–Trinajstić information content (AvgIpc) is 2.84. The highest BCUT2D eigenvalue weighted by Gasteiger charge is 2.32. The molecule has 0 radical (unpaired) electrons. The van der Waals surface area contributed by atoms with E-state index in [1.807, 2.05) is 0 Å². The number of rotatable bonds is 8. The number of carbonyl (C=O) groups excluding carboxylic acids is 6. The second-order valence-corrected chi connectivity index (χ2v) is 11.4. The van der Waals surface area contributed by atoms with Crippen LogP contribution in [0.4, 0.5) is 0 Å². The van der Waals surface area contributed by atoms with Gasteiger partial charge < -0.3 is 30.7 Å². The Hall–Kier alpha value is -2.74. The number of nitrogens with one attached hydrogen (secondary N) is 4. The summed E-state index contributed by atoms with van der Waals surface area (Å²) in [6.07, 6.45) is 2.15. The molecule has 1 rings (SSSR count). The van der Waals surface area contributed by atoms with Crippen LogP contribution in [0.1, 0.15) is 60.3 Å². The van der Waals surface area contributed by atoms with Crippen molar-refractivity contribution in [2.75, 3.05) is 18.1 Å². The fraction of sp³-hybridized carbons (Fsp3) is 0.692. The Kier molecular flexibility index (Phi) is 15.1. The number of allylic oxidation sites excluding steroid dienone is 1. The van der Waals surface area contributed by atoms with Crippen molar-refractivity contribution >= 4 is 60.8 Å². The van der Waals surface area contributed by atoms with Gasteiger partial charge in [0.1, 0.15) is 36.4 Å². The van der Waals surface area contributed by atoms with Crippen LogP contribution in [0.15, 0.2) is 12.2 Å². The van der Waals surface area contributed by atoms with Crippen molar-refractivity contribution in [3.8, 4) is 0 Å². The molecule has 0 spiro atoms. The maximum atomic E-state index is 13.2. The topological polar surface area (TPSA) is 169 Å². The lowest BCUT2D eigenvalue weighted by Gasteiger charge is -2.27. The van der Waals surface area contributed by atoms with Crippen LogP contribution >= 0.6 is 25.3 Å². The van der Waals surface area contributed by atoms with Crippen molar-refractivity contribution in [2.45, 2.75) is 90.1 Å². The van der Waals surface area contributed by atoms with Gasteiger partial charge >= 0.3 is 11.9 Å². The van der Waals surface area contributed by atoms with Gasteiger partial charge in [0, 0.05) is 12.2 Å². The van der Waals surface area contributed by atoms with Crippen molar-refractivity contribution in [1.82, 2.24) is 21.3 Å². The summed E-state index contributed by atoms with van der Waals surface area (Å²) in [5.74, 6) is -3.98. The Balaban J connectivity index is 3.30. The Morgan fingerprint density at radius 1 is 1.02 bits per heavy atom. The maximum Gasteiger partial charge on any atom is 0.326 e. The van der Waals surface area contributed by atoms with Crippen LogP contribution in [0, 0.1) is 5.92 Å². The standard InChI is InChI=1S/C26H42N4O8S2/c1-15(2)22-25(36)27-13-21(33)37-16(8-6-7-11-39)12-19(31)28-17(9-10-20(32)38-26(3,4)5)23(34)29-18(14-40)24(35)30-22/h6,8,15-18,22,39-40H,7,9-14H2,1-5H3,(H,27,36)(H,28,31)(H,29,34)(H,30,35)/t16-,17-,18-,22-/m1/s1. The molecule has 1 saturated heterocycles. The minimum Gasteiger partial charge on any atom is -0.460 e. The van der Waals surface area contributed by atoms with Gasteiger partial charge in [-0.15, -0.1) is 0 Å². The van der Waals surface area contributed by atoms with E-state index in [1.165, 1.54) is 6.08 Å². The molecule has 0 aromatic rings. The predicted octanol–water partition coefficient (Wildman–Crippen LogP) is 0.456. The van der Waals surface area contributed by atoms with E-state index in [9.17, 15) is 28.8 Å². The zero-order chi connectivity index (χ0) is 30.5. The first-order chi connectivity index (χ1) is 18.7. The van der Waals surface area contributed by atoms with Gasteiger partial charge in [-0.3, -0.25) is 28.8 Å². The Morgan fingerprint density at radius 2 is 1.68 bits per heavy atom. The molecule has 226 valence electrons. The van der Waals surface area contributed by atoms with Gasteiger partial charge in [0.15, 0.2) is 0 Å². The minimum absolute atomic E-state index is 0.110. The fourth-order valence-electron chi connectivity index (χ4n) is 3.57. The molecule has 0 unspecified atom stereocenters. The molecule has 0 aromatic heterocycles. The number of carbonyl (C=O) groups is 6. The van der Waals surface area contributed by atoms with Crippen LogP contribution in [-0.4, -0.2) is 83.4 Å². The Morgan fingerprint density at radius 3 is 2.25 bits per heavy atom. The zero-order valence-electron chi connectivity index (χ0n) is 23.7. The van der Waals surface area contributed by atoms with Gasteiger partial charge in [-0.05, 0) is 51.4 Å². The Bertz CT molecular complexity index is 951. The van der Waals surface area contributed by atoms with Crippen molar-refractivity contribution in [1.29, 1.82) is 0 Å². The van der Waals surface area contributed by atoms with Gasteiger partial charge in [0.2, 0.25) is 23.6 Å². The molecule has 1 aliphatic rings.